The Kier molecular flexibility index (Phi) is 6.71. The Morgan fingerprint density at radius 1 is 1.24 bits per heavy atom. The van der Waals surface area contributed by atoms with E-state index in [4.69, 9.17) is 4.74 Å². The van der Waals surface area contributed by atoms with Gasteiger partial charge in [-0.1, -0.05) is 39.0 Å². The predicted molar refractivity (Wildman–Crippen MR) is 73.6 cm³/mol. The smallest absolute Gasteiger partial charge is 0.122 e. The fourth-order valence-corrected chi connectivity index (χ4v) is 1.68. The summed E-state index contributed by atoms with van der Waals surface area (Å²) in [5.74, 6) is 1.75. The zero-order chi connectivity index (χ0) is 12.5. The molecule has 0 aliphatic heterocycles. The topological polar surface area (TPSA) is 21.3 Å². The van der Waals surface area contributed by atoms with Gasteiger partial charge in [0.15, 0.2) is 0 Å². The third-order valence-corrected chi connectivity index (χ3v) is 2.56. The molecule has 0 fully saturated rings. The lowest BCUT2D eigenvalue weighted by Crippen LogP contribution is -2.22. The van der Waals surface area contributed by atoms with Crippen molar-refractivity contribution in [2.24, 2.45) is 5.92 Å². The minimum atomic E-state index is 0.710. The lowest BCUT2D eigenvalue weighted by molar-refractivity contribution is 0.314. The number of hydrogen-bond donors (Lipinski definition) is 1. The van der Waals surface area contributed by atoms with Gasteiger partial charge in [-0.05, 0) is 43.5 Å². The highest BCUT2D eigenvalue weighted by Gasteiger charge is 2.02. The Morgan fingerprint density at radius 3 is 2.71 bits per heavy atom. The fourth-order valence-electron chi connectivity index (χ4n) is 1.68. The van der Waals surface area contributed by atoms with Gasteiger partial charge in [-0.25, -0.2) is 0 Å². The van der Waals surface area contributed by atoms with Gasteiger partial charge < -0.3 is 10.1 Å². The van der Waals surface area contributed by atoms with Gasteiger partial charge in [0.1, 0.15) is 5.75 Å². The van der Waals surface area contributed by atoms with E-state index in [1.807, 2.05) is 6.07 Å². The van der Waals surface area contributed by atoms with Crippen LogP contribution in [0.15, 0.2) is 24.3 Å². The molecule has 2 nitrogen and oxygen atoms in total. The summed E-state index contributed by atoms with van der Waals surface area (Å²) in [6.07, 6.45) is 2.09. The molecule has 0 unspecified atom stereocenters. The van der Waals surface area contributed by atoms with Gasteiger partial charge in [0.05, 0.1) is 6.61 Å². The lowest BCUT2D eigenvalue weighted by atomic mass is 10.1. The van der Waals surface area contributed by atoms with Crippen LogP contribution in [-0.4, -0.2) is 19.7 Å². The highest BCUT2D eigenvalue weighted by atomic mass is 16.5. The minimum absolute atomic E-state index is 0.710. The summed E-state index contributed by atoms with van der Waals surface area (Å²) < 4.78 is 5.74. The molecule has 0 bridgehead atoms. The summed E-state index contributed by atoms with van der Waals surface area (Å²) in [4.78, 5) is 0. The molecule has 0 atom stereocenters. The van der Waals surface area contributed by atoms with Crippen molar-refractivity contribution < 1.29 is 4.74 Å². The van der Waals surface area contributed by atoms with E-state index in [0.29, 0.717) is 5.92 Å². The van der Waals surface area contributed by atoms with E-state index in [-0.39, 0.29) is 0 Å². The third-order valence-electron chi connectivity index (χ3n) is 2.56. The lowest BCUT2D eigenvalue weighted by Gasteiger charge is -2.12. The molecule has 0 heterocycles. The largest absolute Gasteiger partial charge is 0.493 e. The van der Waals surface area contributed by atoms with Gasteiger partial charge in [0.2, 0.25) is 0 Å². The van der Waals surface area contributed by atoms with E-state index in [1.165, 1.54) is 5.56 Å². The molecule has 1 N–H and O–H groups in total. The van der Waals surface area contributed by atoms with E-state index in [1.54, 1.807) is 0 Å². The van der Waals surface area contributed by atoms with Crippen LogP contribution in [0, 0.1) is 5.92 Å². The molecule has 2 heteroatoms. The maximum atomic E-state index is 5.74. The zero-order valence-electron chi connectivity index (χ0n) is 11.3. The summed E-state index contributed by atoms with van der Waals surface area (Å²) in [6, 6.07) is 8.34. The molecule has 0 aliphatic rings. The maximum Gasteiger partial charge on any atom is 0.122 e. The van der Waals surface area contributed by atoms with Gasteiger partial charge in [-0.2, -0.15) is 0 Å². The first-order valence-electron chi connectivity index (χ1n) is 6.65. The summed E-state index contributed by atoms with van der Waals surface area (Å²) in [5, 5.41) is 3.46. The minimum Gasteiger partial charge on any atom is -0.493 e. The van der Waals surface area contributed by atoms with E-state index in [0.717, 1.165) is 38.3 Å². The van der Waals surface area contributed by atoms with Crippen molar-refractivity contribution in [1.82, 2.24) is 5.32 Å². The molecular formula is C15H25NO. The SMILES string of the molecule is CCCOc1ccccc1CCNCC(C)C. The van der Waals surface area contributed by atoms with E-state index in [9.17, 15) is 0 Å². The Labute approximate surface area is 105 Å². The highest BCUT2D eigenvalue weighted by Crippen LogP contribution is 2.18. The molecule has 17 heavy (non-hydrogen) atoms. The fraction of sp³-hybridized carbons (Fsp3) is 0.600. The summed E-state index contributed by atoms with van der Waals surface area (Å²) >= 11 is 0. The Bertz CT molecular complexity index is 310. The first-order chi connectivity index (χ1) is 8.24. The normalized spacial score (nSPS) is 10.8. The van der Waals surface area contributed by atoms with E-state index in [2.05, 4.69) is 44.3 Å². The molecule has 0 aliphatic carbocycles. The number of rotatable bonds is 8. The van der Waals surface area contributed by atoms with Crippen molar-refractivity contribution in [1.29, 1.82) is 0 Å². The first kappa shape index (κ1) is 14.0. The van der Waals surface area contributed by atoms with Gasteiger partial charge in [0, 0.05) is 0 Å². The Hall–Kier alpha value is -1.02. The zero-order valence-corrected chi connectivity index (χ0v) is 11.3. The van der Waals surface area contributed by atoms with Crippen LogP contribution in [-0.2, 0) is 6.42 Å². The first-order valence-corrected chi connectivity index (χ1v) is 6.65. The molecule has 0 radical (unpaired) electrons. The van der Waals surface area contributed by atoms with Crippen LogP contribution in [0.3, 0.4) is 0 Å². The van der Waals surface area contributed by atoms with Gasteiger partial charge >= 0.3 is 0 Å². The predicted octanol–water partition coefficient (Wildman–Crippen LogP) is 3.26. The quantitative estimate of drug-likeness (QED) is 0.698. The Balaban J connectivity index is 2.40. The average Bonchev–Trinajstić information content (AvgIpc) is 2.33. The van der Waals surface area contributed by atoms with Crippen molar-refractivity contribution in [2.75, 3.05) is 19.7 Å². The molecule has 0 spiro atoms. The molecule has 1 aromatic carbocycles. The number of hydrogen-bond acceptors (Lipinski definition) is 2. The third kappa shape index (κ3) is 5.73. The molecule has 0 saturated carbocycles. The summed E-state index contributed by atoms with van der Waals surface area (Å²) in [6.45, 7) is 9.49. The van der Waals surface area contributed by atoms with Crippen LogP contribution in [0.2, 0.25) is 0 Å². The summed E-state index contributed by atoms with van der Waals surface area (Å²) in [5.41, 5.74) is 1.30. The van der Waals surface area contributed by atoms with Crippen LogP contribution in [0.25, 0.3) is 0 Å². The molecule has 1 aromatic rings. The van der Waals surface area contributed by atoms with Crippen LogP contribution in [0.5, 0.6) is 5.75 Å². The van der Waals surface area contributed by atoms with Gasteiger partial charge in [0.25, 0.3) is 0 Å². The van der Waals surface area contributed by atoms with Crippen molar-refractivity contribution in [3.63, 3.8) is 0 Å². The van der Waals surface area contributed by atoms with Crippen molar-refractivity contribution in [3.8, 4) is 5.75 Å². The van der Waals surface area contributed by atoms with Crippen molar-refractivity contribution in [2.45, 2.75) is 33.6 Å². The monoisotopic (exact) mass is 235 g/mol. The van der Waals surface area contributed by atoms with Gasteiger partial charge in [-0.3, -0.25) is 0 Å². The molecule has 1 rings (SSSR count). The standard InChI is InChI=1S/C15H25NO/c1-4-11-17-15-8-6-5-7-14(15)9-10-16-12-13(2)3/h5-8,13,16H,4,9-12H2,1-3H3. The number of nitrogens with one attached hydrogen (secondary N) is 1. The second-order valence-corrected chi connectivity index (χ2v) is 4.80. The maximum absolute atomic E-state index is 5.74. The van der Waals surface area contributed by atoms with Crippen molar-refractivity contribution >= 4 is 0 Å². The molecular weight excluding hydrogens is 210 g/mol. The molecule has 0 amide bonds. The van der Waals surface area contributed by atoms with Crippen LogP contribution in [0.1, 0.15) is 32.8 Å². The highest BCUT2D eigenvalue weighted by molar-refractivity contribution is 5.33. The van der Waals surface area contributed by atoms with Crippen LogP contribution < -0.4 is 10.1 Å². The van der Waals surface area contributed by atoms with Crippen LogP contribution in [0.4, 0.5) is 0 Å². The Morgan fingerprint density at radius 2 is 2.00 bits per heavy atom. The van der Waals surface area contributed by atoms with E-state index < -0.39 is 0 Å². The number of para-hydroxylation sites is 1. The van der Waals surface area contributed by atoms with Crippen LogP contribution >= 0.6 is 0 Å². The molecule has 0 saturated heterocycles. The average molecular weight is 235 g/mol. The second-order valence-electron chi connectivity index (χ2n) is 4.80. The molecule has 96 valence electrons. The van der Waals surface area contributed by atoms with Crippen molar-refractivity contribution in [3.05, 3.63) is 29.8 Å². The number of benzene rings is 1. The van der Waals surface area contributed by atoms with E-state index >= 15 is 0 Å². The molecule has 0 aromatic heterocycles. The number of ether oxygens (including phenoxy) is 1. The summed E-state index contributed by atoms with van der Waals surface area (Å²) in [7, 11) is 0. The second kappa shape index (κ2) is 8.13. The van der Waals surface area contributed by atoms with Gasteiger partial charge in [-0.15, -0.1) is 0 Å².